The molecule has 7 atom stereocenters. The highest BCUT2D eigenvalue weighted by atomic mass is 35.5. The van der Waals surface area contributed by atoms with Gasteiger partial charge in [-0.05, 0) is 81.3 Å². The number of nitrogens with one attached hydrogen (secondary N) is 1. The lowest BCUT2D eigenvalue weighted by Crippen LogP contribution is -2.53. The molecular formula is C43H58ClN5O9. The van der Waals surface area contributed by atoms with Gasteiger partial charge in [-0.25, -0.2) is 4.79 Å². The van der Waals surface area contributed by atoms with Gasteiger partial charge >= 0.3 is 12.1 Å². The summed E-state index contributed by atoms with van der Waals surface area (Å²) in [7, 11) is 0. The van der Waals surface area contributed by atoms with Gasteiger partial charge in [0.05, 0.1) is 31.2 Å². The molecule has 8 rings (SSSR count). The van der Waals surface area contributed by atoms with E-state index in [0.29, 0.717) is 70.5 Å². The molecular weight excluding hydrogens is 766 g/mol. The van der Waals surface area contributed by atoms with Crippen LogP contribution >= 0.6 is 11.6 Å². The number of carbonyl (C=O) groups excluding carboxylic acids is 3. The first-order valence-electron chi connectivity index (χ1n) is 21.6. The Kier molecular flexibility index (Phi) is 12.8. The van der Waals surface area contributed by atoms with Crippen molar-refractivity contribution in [3.8, 4) is 11.5 Å². The monoisotopic (exact) mass is 823 g/mol. The van der Waals surface area contributed by atoms with E-state index < -0.39 is 36.2 Å². The molecule has 6 aliphatic rings. The van der Waals surface area contributed by atoms with Gasteiger partial charge in [0.1, 0.15) is 47.4 Å². The lowest BCUT2D eigenvalue weighted by Gasteiger charge is -2.28. The lowest BCUT2D eigenvalue weighted by atomic mass is 10.0. The highest BCUT2D eigenvalue weighted by Crippen LogP contribution is 2.52. The molecule has 0 bridgehead atoms. The van der Waals surface area contributed by atoms with Crippen molar-refractivity contribution in [3.05, 3.63) is 28.9 Å². The molecule has 58 heavy (non-hydrogen) atoms. The van der Waals surface area contributed by atoms with Gasteiger partial charge in [-0.2, -0.15) is 0 Å². The summed E-state index contributed by atoms with van der Waals surface area (Å²) in [4.78, 5) is 60.3. The third kappa shape index (κ3) is 10.1. The number of rotatable bonds is 20. The maximum absolute atomic E-state index is 14.4. The molecule has 4 aliphatic carbocycles. The summed E-state index contributed by atoms with van der Waals surface area (Å²) in [6.45, 7) is 4.52. The molecule has 4 saturated carbocycles. The molecule has 1 aromatic heterocycles. The molecule has 2 saturated heterocycles. The normalized spacial score (nSPS) is 28.2. The average molecular weight is 824 g/mol. The van der Waals surface area contributed by atoms with Gasteiger partial charge in [-0.3, -0.25) is 24.3 Å². The second-order valence-electron chi connectivity index (χ2n) is 17.5. The number of carboxylic acid groups (broad SMARTS) is 1. The largest absolute Gasteiger partial charge is 0.491 e. The number of ether oxygens (including phenoxy) is 4. The van der Waals surface area contributed by atoms with Crippen molar-refractivity contribution in [2.75, 3.05) is 46.0 Å². The number of aliphatic carboxylic acids is 1. The number of pyridine rings is 1. The van der Waals surface area contributed by atoms with Gasteiger partial charge in [0.2, 0.25) is 11.8 Å². The Morgan fingerprint density at radius 1 is 0.966 bits per heavy atom. The Morgan fingerprint density at radius 3 is 2.45 bits per heavy atom. The van der Waals surface area contributed by atoms with Crippen LogP contribution in [0.2, 0.25) is 5.02 Å². The molecule has 6 fully saturated rings. The molecule has 2 unspecified atom stereocenters. The number of hydrogen-bond acceptors (Lipinski definition) is 10. The third-order valence-electron chi connectivity index (χ3n) is 13.2. The number of alkyl carbamates (subject to hydrolysis) is 1. The average Bonchev–Trinajstić information content (AvgIpc) is 4.16. The SMILES string of the molecule is NC(=O)[C@@H]1C[C@@H](Oc2cc(C3CC3)nc3c(Cl)c(OCCN4CCOCC4)ccc23)CN1C(=O)[C@H](CCCCCCC[C@@H]1C[C@@H]1C(=O)O)NC(=O)OC1CC2CC2C1. The van der Waals surface area contributed by atoms with E-state index in [4.69, 9.17) is 41.3 Å². The first-order valence-corrected chi connectivity index (χ1v) is 22.0. The number of carboxylic acids is 1. The minimum atomic E-state index is -0.914. The maximum Gasteiger partial charge on any atom is 0.408 e. The van der Waals surface area contributed by atoms with E-state index in [1.807, 2.05) is 18.2 Å². The number of benzene rings is 1. The van der Waals surface area contributed by atoms with Gasteiger partial charge in [0, 0.05) is 49.1 Å². The predicted molar refractivity (Wildman–Crippen MR) is 215 cm³/mol. The minimum absolute atomic E-state index is 0.114. The zero-order valence-electron chi connectivity index (χ0n) is 33.3. The first kappa shape index (κ1) is 40.9. The Morgan fingerprint density at radius 2 is 1.72 bits per heavy atom. The van der Waals surface area contributed by atoms with Crippen LogP contribution in [0.3, 0.4) is 0 Å². The van der Waals surface area contributed by atoms with Gasteiger partial charge in [0.15, 0.2) is 0 Å². The molecule has 2 aromatic rings. The van der Waals surface area contributed by atoms with Crippen molar-refractivity contribution in [2.45, 2.75) is 120 Å². The molecule has 14 nitrogen and oxygen atoms in total. The summed E-state index contributed by atoms with van der Waals surface area (Å²) in [6, 6.07) is 3.86. The smallest absolute Gasteiger partial charge is 0.408 e. The number of primary amides is 1. The number of hydrogen-bond donors (Lipinski definition) is 3. The number of amides is 3. The standard InChI is InChI=1S/C43H58ClN5O9/c44-38-36(56-17-14-48-12-15-55-16-13-48)11-10-31-37(23-34(25-8-9-25)46-39(31)38)57-30-22-35(40(45)50)49(24-30)41(51)33(47-43(54)58-29-19-27-18-28(27)20-29)7-5-3-1-2-4-6-26-21-32(26)42(52)53/h10-11,23,25-30,32-33,35H,1-9,12-22,24H2,(H2,45,50)(H,47,54)(H,52,53)/t26-,27?,28?,29?,30-,32+,33+,35+/m1/s1. The molecule has 1 aromatic carbocycles. The van der Waals surface area contributed by atoms with Crippen LogP contribution in [0.1, 0.15) is 102 Å². The Labute approximate surface area is 344 Å². The first-order chi connectivity index (χ1) is 28.1. The number of carbonyl (C=O) groups is 4. The van der Waals surface area contributed by atoms with Crippen LogP contribution in [0, 0.1) is 23.7 Å². The number of unbranched alkanes of at least 4 members (excludes halogenated alkanes) is 4. The number of likely N-dealkylation sites (tertiary alicyclic amines) is 1. The van der Waals surface area contributed by atoms with Crippen LogP contribution in [-0.2, 0) is 23.9 Å². The Hall–Kier alpha value is -3.88. The van der Waals surface area contributed by atoms with Crippen molar-refractivity contribution < 1.29 is 43.2 Å². The van der Waals surface area contributed by atoms with E-state index in [-0.39, 0.29) is 30.9 Å². The number of fused-ring (bicyclic) bond motifs is 2. The second-order valence-corrected chi connectivity index (χ2v) is 17.9. The zero-order valence-corrected chi connectivity index (χ0v) is 34.0. The van der Waals surface area contributed by atoms with E-state index >= 15 is 0 Å². The molecule has 3 amide bonds. The van der Waals surface area contributed by atoms with E-state index in [1.165, 1.54) is 11.3 Å². The van der Waals surface area contributed by atoms with Crippen LogP contribution in [0.15, 0.2) is 18.2 Å². The number of halogens is 1. The highest BCUT2D eigenvalue weighted by molar-refractivity contribution is 6.36. The Bertz CT molecular complexity index is 1830. The summed E-state index contributed by atoms with van der Waals surface area (Å²) in [5.41, 5.74) is 7.40. The van der Waals surface area contributed by atoms with Gasteiger partial charge in [-0.15, -0.1) is 0 Å². The van der Waals surface area contributed by atoms with Crippen molar-refractivity contribution >= 4 is 46.4 Å². The van der Waals surface area contributed by atoms with Crippen LogP contribution in [-0.4, -0.2) is 114 Å². The van der Waals surface area contributed by atoms with E-state index in [0.717, 1.165) is 103 Å². The van der Waals surface area contributed by atoms with Gasteiger partial charge in [0.25, 0.3) is 0 Å². The van der Waals surface area contributed by atoms with Crippen molar-refractivity contribution in [1.82, 2.24) is 20.1 Å². The zero-order chi connectivity index (χ0) is 40.3. The maximum atomic E-state index is 14.4. The molecule has 15 heteroatoms. The number of aromatic nitrogens is 1. The summed E-state index contributed by atoms with van der Waals surface area (Å²) in [6.07, 6.45) is 10.4. The topological polar surface area (TPSA) is 183 Å². The quantitative estimate of drug-likeness (QED) is 0.140. The van der Waals surface area contributed by atoms with Crippen LogP contribution in [0.25, 0.3) is 10.9 Å². The van der Waals surface area contributed by atoms with Crippen LogP contribution < -0.4 is 20.5 Å². The fourth-order valence-corrected chi connectivity index (χ4v) is 9.67. The third-order valence-corrected chi connectivity index (χ3v) is 13.5. The van der Waals surface area contributed by atoms with Gasteiger partial charge in [-0.1, -0.05) is 43.7 Å². The fourth-order valence-electron chi connectivity index (χ4n) is 9.41. The second kappa shape index (κ2) is 18.2. The summed E-state index contributed by atoms with van der Waals surface area (Å²) in [5.74, 6) is 1.11. The molecule has 3 heterocycles. The van der Waals surface area contributed by atoms with E-state index in [9.17, 15) is 24.3 Å². The predicted octanol–water partition coefficient (Wildman–Crippen LogP) is 5.65. The summed E-state index contributed by atoms with van der Waals surface area (Å²) in [5, 5.41) is 13.2. The highest BCUT2D eigenvalue weighted by Gasteiger charge is 2.48. The van der Waals surface area contributed by atoms with Crippen molar-refractivity contribution in [1.29, 1.82) is 0 Å². The van der Waals surface area contributed by atoms with E-state index in [1.54, 1.807) is 0 Å². The van der Waals surface area contributed by atoms with E-state index in [2.05, 4.69) is 10.2 Å². The van der Waals surface area contributed by atoms with Crippen molar-refractivity contribution in [3.63, 3.8) is 0 Å². The Balaban J connectivity index is 0.919. The number of nitrogens with two attached hydrogens (primary N) is 1. The number of morpholine rings is 1. The number of nitrogens with zero attached hydrogens (tertiary/aromatic N) is 3. The van der Waals surface area contributed by atoms with Crippen molar-refractivity contribution in [2.24, 2.45) is 29.4 Å². The molecule has 0 radical (unpaired) electrons. The van der Waals surface area contributed by atoms with Crippen LogP contribution in [0.5, 0.6) is 11.5 Å². The van der Waals surface area contributed by atoms with Gasteiger partial charge < -0.3 is 40.0 Å². The molecule has 316 valence electrons. The lowest BCUT2D eigenvalue weighted by molar-refractivity contribution is -0.139. The van der Waals surface area contributed by atoms with Crippen LogP contribution in [0.4, 0.5) is 4.79 Å². The summed E-state index contributed by atoms with van der Waals surface area (Å²) >= 11 is 6.97. The molecule has 2 aliphatic heterocycles. The molecule has 4 N–H and O–H groups in total. The minimum Gasteiger partial charge on any atom is -0.491 e. The molecule has 0 spiro atoms. The summed E-state index contributed by atoms with van der Waals surface area (Å²) < 4.78 is 24.0. The fraction of sp³-hybridized carbons (Fsp3) is 0.698.